The van der Waals surface area contributed by atoms with Crippen LogP contribution in [0.2, 0.25) is 0 Å². The van der Waals surface area contributed by atoms with Crippen molar-refractivity contribution in [1.29, 1.82) is 0 Å². The molecule has 0 radical (unpaired) electrons. The molecule has 1 amide bonds. The molecule has 0 fully saturated rings. The highest BCUT2D eigenvalue weighted by atomic mass is 79.9. The van der Waals surface area contributed by atoms with Crippen molar-refractivity contribution in [3.05, 3.63) is 20.8 Å². The van der Waals surface area contributed by atoms with Crippen molar-refractivity contribution in [3.8, 4) is 0 Å². The van der Waals surface area contributed by atoms with Gasteiger partial charge in [-0.15, -0.1) is 11.3 Å². The highest BCUT2D eigenvalue weighted by molar-refractivity contribution is 9.11. The summed E-state index contributed by atoms with van der Waals surface area (Å²) in [6, 6.07) is 2.12. The Kier molecular flexibility index (Phi) is 6.06. The molecule has 0 aliphatic rings. The van der Waals surface area contributed by atoms with Crippen molar-refractivity contribution in [2.24, 2.45) is 0 Å². The zero-order valence-electron chi connectivity index (χ0n) is 9.75. The van der Waals surface area contributed by atoms with Crippen LogP contribution in [0.1, 0.15) is 49.9 Å². The lowest BCUT2D eigenvalue weighted by Crippen LogP contribution is -2.32. The second-order valence-electron chi connectivity index (χ2n) is 4.01. The van der Waals surface area contributed by atoms with Crippen LogP contribution >= 0.6 is 27.3 Å². The molecule has 1 rings (SSSR count). The Morgan fingerprint density at radius 3 is 2.88 bits per heavy atom. The van der Waals surface area contributed by atoms with Gasteiger partial charge in [-0.1, -0.05) is 26.2 Å². The summed E-state index contributed by atoms with van der Waals surface area (Å²) in [6.07, 6.45) is 4.71. The average Bonchev–Trinajstić information content (AvgIpc) is 2.65. The van der Waals surface area contributed by atoms with E-state index in [0.29, 0.717) is 0 Å². The van der Waals surface area contributed by atoms with Gasteiger partial charge >= 0.3 is 0 Å². The standard InChI is InChI=1S/C12H18BrNOS/c1-3-4-5-6-9(2)14-12(15)10-7-11(13)16-8-10/h7-9H,3-6H2,1-2H3,(H,14,15). The molecule has 1 heterocycles. The molecule has 0 bridgehead atoms. The Morgan fingerprint density at radius 2 is 2.31 bits per heavy atom. The van der Waals surface area contributed by atoms with Gasteiger partial charge in [0.25, 0.3) is 5.91 Å². The van der Waals surface area contributed by atoms with Crippen molar-refractivity contribution in [2.75, 3.05) is 0 Å². The predicted molar refractivity (Wildman–Crippen MR) is 73.1 cm³/mol. The predicted octanol–water partition coefficient (Wildman–Crippen LogP) is 4.21. The first-order valence-corrected chi connectivity index (χ1v) is 7.35. The minimum atomic E-state index is 0.0333. The van der Waals surface area contributed by atoms with Crippen molar-refractivity contribution in [1.82, 2.24) is 5.32 Å². The lowest BCUT2D eigenvalue weighted by Gasteiger charge is -2.12. The highest BCUT2D eigenvalue weighted by Crippen LogP contribution is 2.20. The molecule has 1 N–H and O–H groups in total. The van der Waals surface area contributed by atoms with Gasteiger partial charge in [0.2, 0.25) is 0 Å². The minimum absolute atomic E-state index is 0.0333. The molecule has 16 heavy (non-hydrogen) atoms. The average molecular weight is 304 g/mol. The van der Waals surface area contributed by atoms with Crippen molar-refractivity contribution in [2.45, 2.75) is 45.6 Å². The Labute approximate surface area is 110 Å². The van der Waals surface area contributed by atoms with E-state index in [1.165, 1.54) is 30.6 Å². The number of carbonyl (C=O) groups excluding carboxylic acids is 1. The molecule has 0 saturated heterocycles. The first-order chi connectivity index (χ1) is 7.63. The molecule has 0 aromatic carbocycles. The van der Waals surface area contributed by atoms with E-state index in [0.717, 1.165) is 15.8 Å². The zero-order valence-corrected chi connectivity index (χ0v) is 12.2. The summed E-state index contributed by atoms with van der Waals surface area (Å²) < 4.78 is 0.997. The maximum atomic E-state index is 11.8. The molecule has 0 aliphatic heterocycles. The molecule has 2 nitrogen and oxygen atoms in total. The van der Waals surface area contributed by atoms with Gasteiger partial charge in [0.1, 0.15) is 0 Å². The largest absolute Gasteiger partial charge is 0.350 e. The highest BCUT2D eigenvalue weighted by Gasteiger charge is 2.10. The van der Waals surface area contributed by atoms with Gasteiger partial charge in [-0.2, -0.15) is 0 Å². The fourth-order valence-corrected chi connectivity index (χ4v) is 2.65. The van der Waals surface area contributed by atoms with Crippen LogP contribution in [0.25, 0.3) is 0 Å². The molecule has 0 aliphatic carbocycles. The second-order valence-corrected chi connectivity index (χ2v) is 6.30. The van der Waals surface area contributed by atoms with Crippen molar-refractivity contribution >= 4 is 33.2 Å². The number of nitrogens with one attached hydrogen (secondary N) is 1. The van der Waals surface area contributed by atoms with E-state index >= 15 is 0 Å². The molecule has 0 spiro atoms. The third-order valence-electron chi connectivity index (χ3n) is 2.45. The third kappa shape index (κ3) is 4.66. The number of carbonyl (C=O) groups is 1. The van der Waals surface area contributed by atoms with E-state index in [2.05, 4.69) is 35.1 Å². The zero-order chi connectivity index (χ0) is 12.0. The van der Waals surface area contributed by atoms with E-state index in [1.54, 1.807) is 0 Å². The molecule has 90 valence electrons. The van der Waals surface area contributed by atoms with Crippen LogP contribution in [0, 0.1) is 0 Å². The number of thiophene rings is 1. The summed E-state index contributed by atoms with van der Waals surface area (Å²) in [5.74, 6) is 0.0333. The lowest BCUT2D eigenvalue weighted by molar-refractivity contribution is 0.0938. The number of halogens is 1. The van der Waals surface area contributed by atoms with Crippen LogP contribution < -0.4 is 5.32 Å². The van der Waals surface area contributed by atoms with Gasteiger partial charge in [-0.05, 0) is 35.3 Å². The number of amides is 1. The molecular formula is C12H18BrNOS. The van der Waals surface area contributed by atoms with Gasteiger partial charge in [-0.3, -0.25) is 4.79 Å². The molecule has 1 aromatic rings. The molecule has 1 aromatic heterocycles. The monoisotopic (exact) mass is 303 g/mol. The molecule has 4 heteroatoms. The third-order valence-corrected chi connectivity index (χ3v) is 3.95. The van der Waals surface area contributed by atoms with Crippen LogP contribution in [0.3, 0.4) is 0 Å². The second kappa shape index (κ2) is 7.07. The summed E-state index contributed by atoms with van der Waals surface area (Å²) in [5.41, 5.74) is 0.749. The maximum Gasteiger partial charge on any atom is 0.252 e. The van der Waals surface area contributed by atoms with Gasteiger partial charge in [0, 0.05) is 11.4 Å². The van der Waals surface area contributed by atoms with Crippen LogP contribution in [0.15, 0.2) is 15.2 Å². The van der Waals surface area contributed by atoms with Gasteiger partial charge in [0.15, 0.2) is 0 Å². The quantitative estimate of drug-likeness (QED) is 0.784. The Balaban J connectivity index is 2.33. The van der Waals surface area contributed by atoms with Gasteiger partial charge in [0.05, 0.1) is 9.35 Å². The Morgan fingerprint density at radius 1 is 1.56 bits per heavy atom. The van der Waals surface area contributed by atoms with Gasteiger partial charge in [-0.25, -0.2) is 0 Å². The van der Waals surface area contributed by atoms with Crippen LogP contribution in [0.4, 0.5) is 0 Å². The first kappa shape index (κ1) is 13.7. The van der Waals surface area contributed by atoms with E-state index in [-0.39, 0.29) is 11.9 Å². The number of hydrogen-bond acceptors (Lipinski definition) is 2. The van der Waals surface area contributed by atoms with Gasteiger partial charge < -0.3 is 5.32 Å². The van der Waals surface area contributed by atoms with E-state index in [9.17, 15) is 4.79 Å². The lowest BCUT2D eigenvalue weighted by atomic mass is 10.1. The Bertz CT molecular complexity index is 338. The number of unbranched alkanes of at least 4 members (excludes halogenated alkanes) is 2. The van der Waals surface area contributed by atoms with Crippen molar-refractivity contribution in [3.63, 3.8) is 0 Å². The summed E-state index contributed by atoms with van der Waals surface area (Å²) in [4.78, 5) is 11.8. The molecule has 1 atom stereocenters. The molecule has 1 unspecified atom stereocenters. The molecular weight excluding hydrogens is 286 g/mol. The van der Waals surface area contributed by atoms with Crippen molar-refractivity contribution < 1.29 is 4.79 Å². The van der Waals surface area contributed by atoms with Crippen LogP contribution in [-0.4, -0.2) is 11.9 Å². The maximum absolute atomic E-state index is 11.8. The fourth-order valence-electron chi connectivity index (χ4n) is 1.51. The topological polar surface area (TPSA) is 29.1 Å². The first-order valence-electron chi connectivity index (χ1n) is 5.68. The normalized spacial score (nSPS) is 12.4. The Hall–Kier alpha value is -0.350. The minimum Gasteiger partial charge on any atom is -0.350 e. The van der Waals surface area contributed by atoms with E-state index in [1.807, 2.05) is 11.4 Å². The van der Waals surface area contributed by atoms with Crippen LogP contribution in [-0.2, 0) is 0 Å². The van der Waals surface area contributed by atoms with E-state index < -0.39 is 0 Å². The number of rotatable bonds is 6. The van der Waals surface area contributed by atoms with Crippen LogP contribution in [0.5, 0.6) is 0 Å². The summed E-state index contributed by atoms with van der Waals surface area (Å²) in [6.45, 7) is 4.25. The summed E-state index contributed by atoms with van der Waals surface area (Å²) in [5, 5.41) is 4.89. The summed E-state index contributed by atoms with van der Waals surface area (Å²) in [7, 11) is 0. The fraction of sp³-hybridized carbons (Fsp3) is 0.583. The molecule has 0 saturated carbocycles. The van der Waals surface area contributed by atoms with E-state index in [4.69, 9.17) is 0 Å². The number of hydrogen-bond donors (Lipinski definition) is 1. The smallest absolute Gasteiger partial charge is 0.252 e. The summed E-state index contributed by atoms with van der Waals surface area (Å²) >= 11 is 4.89. The SMILES string of the molecule is CCCCCC(C)NC(=O)c1csc(Br)c1.